The fourth-order valence-corrected chi connectivity index (χ4v) is 5.99. The largest absolute Gasteiger partial charge is 0.480 e. The van der Waals surface area contributed by atoms with Crippen molar-refractivity contribution in [2.24, 2.45) is 0 Å². The highest BCUT2D eigenvalue weighted by Gasteiger charge is 2.30. The van der Waals surface area contributed by atoms with Gasteiger partial charge in [-0.05, 0) is 41.3 Å². The smallest absolute Gasteiger partial charge is 0.407 e. The van der Waals surface area contributed by atoms with Crippen molar-refractivity contribution in [2.45, 2.75) is 25.3 Å². The summed E-state index contributed by atoms with van der Waals surface area (Å²) in [6.07, 6.45) is -0.561. The van der Waals surface area contributed by atoms with Gasteiger partial charge in [-0.1, -0.05) is 48.5 Å². The van der Waals surface area contributed by atoms with Gasteiger partial charge in [-0.15, -0.1) is 22.7 Å². The summed E-state index contributed by atoms with van der Waals surface area (Å²) in [6, 6.07) is 18.9. The number of thiazole rings is 1. The Morgan fingerprint density at radius 1 is 1.06 bits per heavy atom. The number of hydrogen-bond acceptors (Lipinski definition) is 6. The summed E-state index contributed by atoms with van der Waals surface area (Å²) in [7, 11) is 0. The molecule has 0 saturated heterocycles. The van der Waals surface area contributed by atoms with E-state index in [9.17, 15) is 14.7 Å². The fraction of sp³-hybridized carbons (Fsp3) is 0.192. The Hall–Kier alpha value is -3.49. The van der Waals surface area contributed by atoms with Crippen molar-refractivity contribution in [3.8, 4) is 21.7 Å². The Balaban J connectivity index is 1.24. The SMILES string of the molecule is Cc1nc(-c2ccc(CC(NC(=O)OCC3c4ccccc4-c4ccccc43)C(=O)O)s2)cs1. The van der Waals surface area contributed by atoms with Crippen molar-refractivity contribution < 1.29 is 19.4 Å². The van der Waals surface area contributed by atoms with Gasteiger partial charge in [-0.2, -0.15) is 0 Å². The lowest BCUT2D eigenvalue weighted by atomic mass is 9.98. The van der Waals surface area contributed by atoms with E-state index in [4.69, 9.17) is 4.74 Å². The lowest BCUT2D eigenvalue weighted by molar-refractivity contribution is -0.139. The Bertz CT molecular complexity index is 1310. The zero-order chi connectivity index (χ0) is 23.7. The number of benzene rings is 2. The van der Waals surface area contributed by atoms with Crippen LogP contribution in [0.5, 0.6) is 0 Å². The lowest BCUT2D eigenvalue weighted by Crippen LogP contribution is -2.42. The van der Waals surface area contributed by atoms with E-state index in [0.29, 0.717) is 0 Å². The maximum Gasteiger partial charge on any atom is 0.407 e. The number of hydrogen-bond donors (Lipinski definition) is 2. The van der Waals surface area contributed by atoms with Crippen molar-refractivity contribution in [3.05, 3.63) is 87.1 Å². The molecule has 0 fully saturated rings. The number of ether oxygens (including phenoxy) is 1. The second kappa shape index (κ2) is 9.40. The molecule has 2 heterocycles. The van der Waals surface area contributed by atoms with Crippen molar-refractivity contribution in [3.63, 3.8) is 0 Å². The maximum absolute atomic E-state index is 12.6. The van der Waals surface area contributed by atoms with Crippen LogP contribution in [0.3, 0.4) is 0 Å². The van der Waals surface area contributed by atoms with Gasteiger partial charge in [0.05, 0.1) is 15.6 Å². The number of carboxylic acids is 1. The summed E-state index contributed by atoms with van der Waals surface area (Å²) in [6.45, 7) is 2.08. The predicted molar refractivity (Wildman–Crippen MR) is 133 cm³/mol. The molecule has 1 unspecified atom stereocenters. The summed E-state index contributed by atoms with van der Waals surface area (Å²) in [5, 5.41) is 15.2. The van der Waals surface area contributed by atoms with Crippen LogP contribution in [0.2, 0.25) is 0 Å². The third-order valence-corrected chi connectivity index (χ3v) is 7.78. The Morgan fingerprint density at radius 3 is 2.35 bits per heavy atom. The van der Waals surface area contributed by atoms with Crippen LogP contribution in [-0.2, 0) is 16.0 Å². The first-order chi connectivity index (χ1) is 16.5. The van der Waals surface area contributed by atoms with E-state index in [1.165, 1.54) is 11.3 Å². The fourth-order valence-electron chi connectivity index (χ4n) is 4.29. The molecule has 0 bridgehead atoms. The highest BCUT2D eigenvalue weighted by atomic mass is 32.1. The molecule has 1 amide bonds. The quantitative estimate of drug-likeness (QED) is 0.346. The van der Waals surface area contributed by atoms with Crippen LogP contribution in [0.25, 0.3) is 21.7 Å². The van der Waals surface area contributed by atoms with Gasteiger partial charge in [0, 0.05) is 22.6 Å². The molecule has 34 heavy (non-hydrogen) atoms. The third-order valence-electron chi connectivity index (χ3n) is 5.87. The average molecular weight is 491 g/mol. The summed E-state index contributed by atoms with van der Waals surface area (Å²) in [5.41, 5.74) is 5.37. The molecule has 1 aliphatic rings. The van der Waals surface area contributed by atoms with Crippen LogP contribution < -0.4 is 5.32 Å². The summed E-state index contributed by atoms with van der Waals surface area (Å²) < 4.78 is 5.52. The normalized spacial score (nSPS) is 13.2. The van der Waals surface area contributed by atoms with Crippen LogP contribution in [0.15, 0.2) is 66.0 Å². The van der Waals surface area contributed by atoms with Crippen molar-refractivity contribution in [1.82, 2.24) is 10.3 Å². The van der Waals surface area contributed by atoms with E-state index < -0.39 is 18.1 Å². The molecule has 172 valence electrons. The monoisotopic (exact) mass is 490 g/mol. The van der Waals surface area contributed by atoms with Gasteiger partial charge in [0.1, 0.15) is 12.6 Å². The molecule has 0 radical (unpaired) electrons. The third kappa shape index (κ3) is 4.47. The molecular weight excluding hydrogens is 468 g/mol. The molecule has 4 aromatic rings. The minimum atomic E-state index is -1.10. The van der Waals surface area contributed by atoms with E-state index in [1.54, 1.807) is 11.3 Å². The van der Waals surface area contributed by atoms with Crippen molar-refractivity contribution in [1.29, 1.82) is 0 Å². The molecule has 5 rings (SSSR count). The van der Waals surface area contributed by atoms with Crippen molar-refractivity contribution >= 4 is 34.7 Å². The number of alkyl carbamates (subject to hydrolysis) is 1. The number of aliphatic carboxylic acids is 1. The first kappa shape index (κ1) is 22.3. The molecule has 1 aliphatic carbocycles. The summed E-state index contributed by atoms with van der Waals surface area (Å²) >= 11 is 3.05. The zero-order valence-corrected chi connectivity index (χ0v) is 20.0. The maximum atomic E-state index is 12.6. The minimum Gasteiger partial charge on any atom is -0.480 e. The molecule has 2 N–H and O–H groups in total. The van der Waals surface area contributed by atoms with Crippen LogP contribution in [0.4, 0.5) is 4.79 Å². The van der Waals surface area contributed by atoms with Gasteiger partial charge in [0.25, 0.3) is 0 Å². The number of carbonyl (C=O) groups excluding carboxylic acids is 1. The molecule has 0 aliphatic heterocycles. The zero-order valence-electron chi connectivity index (χ0n) is 18.4. The number of aryl methyl sites for hydroxylation is 1. The number of fused-ring (bicyclic) bond motifs is 3. The van der Waals surface area contributed by atoms with E-state index >= 15 is 0 Å². The number of amides is 1. The first-order valence-corrected chi connectivity index (χ1v) is 12.5. The number of carboxylic acid groups (broad SMARTS) is 1. The molecule has 0 spiro atoms. The van der Waals surface area contributed by atoms with Crippen LogP contribution >= 0.6 is 22.7 Å². The van der Waals surface area contributed by atoms with Gasteiger partial charge >= 0.3 is 12.1 Å². The Labute approximate surface area is 204 Å². The summed E-state index contributed by atoms with van der Waals surface area (Å²) in [5.74, 6) is -1.18. The highest BCUT2D eigenvalue weighted by Crippen LogP contribution is 2.44. The standard InChI is InChI=1S/C26H22N2O4S2/c1-15-27-23(14-33-15)24-11-10-16(34-24)12-22(25(29)30)28-26(31)32-13-21-19-8-4-2-6-17(19)18-7-3-5-9-20(18)21/h2-11,14,21-22H,12-13H2,1H3,(H,28,31)(H,29,30). The number of thiophene rings is 1. The van der Waals surface area contributed by atoms with Gasteiger partial charge in [0.15, 0.2) is 0 Å². The average Bonchev–Trinajstić information content (AvgIpc) is 3.55. The highest BCUT2D eigenvalue weighted by molar-refractivity contribution is 7.16. The predicted octanol–water partition coefficient (Wildman–Crippen LogP) is 5.71. The molecule has 8 heteroatoms. The second-order valence-corrected chi connectivity index (χ2v) is 10.3. The van der Waals surface area contributed by atoms with Crippen LogP contribution in [-0.4, -0.2) is 34.8 Å². The Morgan fingerprint density at radius 2 is 1.74 bits per heavy atom. The Kier molecular flexibility index (Phi) is 6.17. The number of nitrogens with one attached hydrogen (secondary N) is 1. The second-order valence-electron chi connectivity index (χ2n) is 8.08. The van der Waals surface area contributed by atoms with E-state index in [1.807, 2.05) is 60.8 Å². The minimum absolute atomic E-state index is 0.0807. The molecule has 6 nitrogen and oxygen atoms in total. The molecular formula is C26H22N2O4S2. The van der Waals surface area contributed by atoms with Crippen LogP contribution in [0.1, 0.15) is 26.9 Å². The van der Waals surface area contributed by atoms with Gasteiger partial charge < -0.3 is 15.2 Å². The van der Waals surface area contributed by atoms with E-state index in [-0.39, 0.29) is 18.9 Å². The molecule has 2 aromatic carbocycles. The van der Waals surface area contributed by atoms with Crippen LogP contribution in [0, 0.1) is 6.92 Å². The summed E-state index contributed by atoms with van der Waals surface area (Å²) in [4.78, 5) is 30.7. The van der Waals surface area contributed by atoms with E-state index in [0.717, 1.165) is 42.7 Å². The molecule has 0 saturated carbocycles. The first-order valence-electron chi connectivity index (χ1n) is 10.8. The molecule has 1 atom stereocenters. The number of carbonyl (C=O) groups is 2. The number of rotatable bonds is 7. The van der Waals surface area contributed by atoms with Gasteiger partial charge in [0.2, 0.25) is 0 Å². The number of aromatic nitrogens is 1. The lowest BCUT2D eigenvalue weighted by Gasteiger charge is -2.17. The number of nitrogens with zero attached hydrogens (tertiary/aromatic N) is 1. The van der Waals surface area contributed by atoms with Crippen molar-refractivity contribution in [2.75, 3.05) is 6.61 Å². The van der Waals surface area contributed by atoms with E-state index in [2.05, 4.69) is 22.4 Å². The molecule has 2 aromatic heterocycles. The van der Waals surface area contributed by atoms with Gasteiger partial charge in [-0.25, -0.2) is 14.6 Å². The topological polar surface area (TPSA) is 88.5 Å². The van der Waals surface area contributed by atoms with Gasteiger partial charge in [-0.3, -0.25) is 0 Å².